The molecule has 20 heavy (non-hydrogen) atoms. The molecular formula is C16H20N2OS. The lowest BCUT2D eigenvalue weighted by Gasteiger charge is -2.17. The van der Waals surface area contributed by atoms with Gasteiger partial charge in [-0.15, -0.1) is 11.3 Å². The van der Waals surface area contributed by atoms with E-state index in [1.54, 1.807) is 11.3 Å². The quantitative estimate of drug-likeness (QED) is 0.880. The molecule has 1 aliphatic carbocycles. The summed E-state index contributed by atoms with van der Waals surface area (Å²) in [7, 11) is 0. The van der Waals surface area contributed by atoms with E-state index in [2.05, 4.69) is 46.9 Å². The van der Waals surface area contributed by atoms with Gasteiger partial charge in [0.1, 0.15) is 5.75 Å². The highest BCUT2D eigenvalue weighted by Crippen LogP contribution is 2.29. The van der Waals surface area contributed by atoms with E-state index >= 15 is 0 Å². The number of ether oxygens (including phenoxy) is 1. The van der Waals surface area contributed by atoms with Crippen LogP contribution in [0.25, 0.3) is 0 Å². The predicted molar refractivity (Wildman–Crippen MR) is 82.5 cm³/mol. The Morgan fingerprint density at radius 2 is 2.10 bits per heavy atom. The van der Waals surface area contributed by atoms with Gasteiger partial charge in [-0.3, -0.25) is 0 Å². The molecule has 1 heterocycles. The highest BCUT2D eigenvalue weighted by Gasteiger charge is 2.23. The summed E-state index contributed by atoms with van der Waals surface area (Å²) in [6, 6.07) is 8.58. The molecule has 1 saturated carbocycles. The summed E-state index contributed by atoms with van der Waals surface area (Å²) in [5.74, 6) is 0.973. The van der Waals surface area contributed by atoms with Crippen molar-refractivity contribution >= 4 is 11.3 Å². The molecule has 0 bridgehead atoms. The Morgan fingerprint density at radius 1 is 1.35 bits per heavy atom. The van der Waals surface area contributed by atoms with Crippen molar-refractivity contribution in [2.75, 3.05) is 6.54 Å². The van der Waals surface area contributed by atoms with E-state index in [1.165, 1.54) is 18.4 Å². The Labute approximate surface area is 124 Å². The molecule has 0 spiro atoms. The van der Waals surface area contributed by atoms with Crippen LogP contribution in [-0.4, -0.2) is 17.6 Å². The van der Waals surface area contributed by atoms with E-state index in [-0.39, 0.29) is 6.04 Å². The maximum atomic E-state index is 5.80. The molecule has 1 fully saturated rings. The van der Waals surface area contributed by atoms with Crippen LogP contribution in [-0.2, 0) is 0 Å². The first-order valence-electron chi connectivity index (χ1n) is 7.18. The number of aryl methyl sites for hydroxylation is 1. The second-order valence-corrected chi connectivity index (χ2v) is 6.23. The van der Waals surface area contributed by atoms with Gasteiger partial charge >= 0.3 is 0 Å². The molecule has 3 nitrogen and oxygen atoms in total. The smallest absolute Gasteiger partial charge is 0.119 e. The third kappa shape index (κ3) is 3.19. The summed E-state index contributed by atoms with van der Waals surface area (Å²) in [5, 5.41) is 6.75. The van der Waals surface area contributed by atoms with Crippen molar-refractivity contribution in [1.29, 1.82) is 0 Å². The maximum absolute atomic E-state index is 5.80. The lowest BCUT2D eigenvalue weighted by Crippen LogP contribution is -2.22. The molecule has 1 aromatic heterocycles. The first-order valence-corrected chi connectivity index (χ1v) is 8.06. The van der Waals surface area contributed by atoms with E-state index in [1.807, 2.05) is 6.92 Å². The van der Waals surface area contributed by atoms with Gasteiger partial charge in [0.15, 0.2) is 0 Å². The highest BCUT2D eigenvalue weighted by atomic mass is 32.1. The SMILES string of the molecule is CCNC(c1ccc(OC2CC2)cc1)c1csc(C)n1. The molecular weight excluding hydrogens is 268 g/mol. The van der Waals surface area contributed by atoms with E-state index in [9.17, 15) is 0 Å². The topological polar surface area (TPSA) is 34.1 Å². The largest absolute Gasteiger partial charge is 0.490 e. The molecule has 1 N–H and O–H groups in total. The summed E-state index contributed by atoms with van der Waals surface area (Å²) < 4.78 is 5.80. The zero-order valence-electron chi connectivity index (χ0n) is 11.9. The van der Waals surface area contributed by atoms with Crippen LogP contribution in [0.4, 0.5) is 0 Å². The standard InChI is InChI=1S/C16H20N2OS/c1-3-17-16(15-10-20-11(2)18-15)12-4-6-13(7-5-12)19-14-8-9-14/h4-7,10,14,16-17H,3,8-9H2,1-2H3. The lowest BCUT2D eigenvalue weighted by molar-refractivity contribution is 0.303. The molecule has 2 aromatic rings. The maximum Gasteiger partial charge on any atom is 0.119 e. The molecule has 0 amide bonds. The van der Waals surface area contributed by atoms with E-state index in [0.717, 1.165) is 23.0 Å². The van der Waals surface area contributed by atoms with Crippen LogP contribution in [0.3, 0.4) is 0 Å². The van der Waals surface area contributed by atoms with Crippen LogP contribution >= 0.6 is 11.3 Å². The molecule has 3 rings (SSSR count). The molecule has 106 valence electrons. The lowest BCUT2D eigenvalue weighted by atomic mass is 10.0. The molecule has 1 unspecified atom stereocenters. The average Bonchev–Trinajstić information content (AvgIpc) is 3.17. The summed E-state index contributed by atoms with van der Waals surface area (Å²) in [6.07, 6.45) is 2.84. The monoisotopic (exact) mass is 288 g/mol. The first kappa shape index (κ1) is 13.6. The second-order valence-electron chi connectivity index (χ2n) is 5.17. The zero-order chi connectivity index (χ0) is 13.9. The van der Waals surface area contributed by atoms with Crippen LogP contribution in [0.5, 0.6) is 5.75 Å². The van der Waals surface area contributed by atoms with Crippen molar-refractivity contribution in [3.63, 3.8) is 0 Å². The Kier molecular flexibility index (Phi) is 4.03. The van der Waals surface area contributed by atoms with E-state index in [4.69, 9.17) is 4.74 Å². The van der Waals surface area contributed by atoms with Crippen molar-refractivity contribution < 1.29 is 4.74 Å². The van der Waals surface area contributed by atoms with Gasteiger partial charge in [0.2, 0.25) is 0 Å². The minimum atomic E-state index is 0.167. The molecule has 0 radical (unpaired) electrons. The second kappa shape index (κ2) is 5.94. The van der Waals surface area contributed by atoms with Crippen molar-refractivity contribution in [2.24, 2.45) is 0 Å². The van der Waals surface area contributed by atoms with Gasteiger partial charge in [-0.1, -0.05) is 19.1 Å². The summed E-state index contributed by atoms with van der Waals surface area (Å²) in [5.41, 5.74) is 2.34. The molecule has 1 atom stereocenters. The minimum absolute atomic E-state index is 0.167. The minimum Gasteiger partial charge on any atom is -0.490 e. The van der Waals surface area contributed by atoms with Gasteiger partial charge in [0, 0.05) is 5.38 Å². The van der Waals surface area contributed by atoms with Crippen molar-refractivity contribution in [2.45, 2.75) is 38.8 Å². The third-order valence-corrected chi connectivity index (χ3v) is 4.17. The number of hydrogen-bond donors (Lipinski definition) is 1. The Morgan fingerprint density at radius 3 is 2.65 bits per heavy atom. The summed E-state index contributed by atoms with van der Waals surface area (Å²) in [4.78, 5) is 4.61. The average molecular weight is 288 g/mol. The molecule has 1 aliphatic rings. The molecule has 0 aliphatic heterocycles. The fourth-order valence-electron chi connectivity index (χ4n) is 2.23. The van der Waals surface area contributed by atoms with E-state index in [0.29, 0.717) is 6.10 Å². The van der Waals surface area contributed by atoms with Crippen LogP contribution in [0.15, 0.2) is 29.6 Å². The Balaban J connectivity index is 1.79. The molecule has 0 saturated heterocycles. The van der Waals surface area contributed by atoms with Crippen LogP contribution in [0.2, 0.25) is 0 Å². The number of aromatic nitrogens is 1. The van der Waals surface area contributed by atoms with Gasteiger partial charge in [0.25, 0.3) is 0 Å². The number of benzene rings is 1. The van der Waals surface area contributed by atoms with Crippen LogP contribution in [0.1, 0.15) is 42.1 Å². The van der Waals surface area contributed by atoms with Gasteiger partial charge in [-0.05, 0) is 44.0 Å². The predicted octanol–water partition coefficient (Wildman–Crippen LogP) is 3.69. The van der Waals surface area contributed by atoms with Gasteiger partial charge in [-0.25, -0.2) is 4.98 Å². The summed E-state index contributed by atoms with van der Waals surface area (Å²) >= 11 is 1.70. The van der Waals surface area contributed by atoms with Crippen LogP contribution < -0.4 is 10.1 Å². The van der Waals surface area contributed by atoms with Crippen molar-refractivity contribution in [3.8, 4) is 5.75 Å². The number of thiazole rings is 1. The van der Waals surface area contributed by atoms with Gasteiger partial charge < -0.3 is 10.1 Å². The van der Waals surface area contributed by atoms with Crippen molar-refractivity contribution in [3.05, 3.63) is 45.9 Å². The highest BCUT2D eigenvalue weighted by molar-refractivity contribution is 7.09. The zero-order valence-corrected chi connectivity index (χ0v) is 12.7. The fraction of sp³-hybridized carbons (Fsp3) is 0.438. The number of nitrogens with zero attached hydrogens (tertiary/aromatic N) is 1. The normalized spacial score (nSPS) is 16.1. The van der Waals surface area contributed by atoms with Crippen molar-refractivity contribution in [1.82, 2.24) is 10.3 Å². The molecule has 4 heteroatoms. The third-order valence-electron chi connectivity index (χ3n) is 3.38. The first-order chi connectivity index (χ1) is 9.76. The Hall–Kier alpha value is -1.39. The molecule has 1 aromatic carbocycles. The Bertz CT molecular complexity index is 560. The fourth-order valence-corrected chi connectivity index (χ4v) is 2.87. The number of nitrogens with one attached hydrogen (secondary N) is 1. The van der Waals surface area contributed by atoms with Gasteiger partial charge in [0.05, 0.1) is 22.8 Å². The van der Waals surface area contributed by atoms with Gasteiger partial charge in [-0.2, -0.15) is 0 Å². The van der Waals surface area contributed by atoms with Crippen LogP contribution in [0, 0.1) is 6.92 Å². The van der Waals surface area contributed by atoms with E-state index < -0.39 is 0 Å². The summed E-state index contributed by atoms with van der Waals surface area (Å²) in [6.45, 7) is 5.09. The number of rotatable bonds is 6. The number of hydrogen-bond acceptors (Lipinski definition) is 4.